The molecule has 0 saturated carbocycles. The standard InChI is InChI=1S/C10H14N2O2/c1-2-6-14-9-5-3-4-8(7-9)10(13)12-11/h3-5,7H,2,6,11H2,1H3,(H,12,13). The zero-order chi connectivity index (χ0) is 10.4. The van der Waals surface area contributed by atoms with Gasteiger partial charge >= 0.3 is 0 Å². The van der Waals surface area contributed by atoms with Crippen LogP contribution in [0.25, 0.3) is 0 Å². The van der Waals surface area contributed by atoms with E-state index >= 15 is 0 Å². The molecule has 3 N–H and O–H groups in total. The summed E-state index contributed by atoms with van der Waals surface area (Å²) >= 11 is 0. The van der Waals surface area contributed by atoms with Crippen molar-refractivity contribution in [3.05, 3.63) is 29.8 Å². The molecule has 4 heteroatoms. The van der Waals surface area contributed by atoms with Crippen molar-refractivity contribution in [2.24, 2.45) is 5.84 Å². The summed E-state index contributed by atoms with van der Waals surface area (Å²) in [4.78, 5) is 11.1. The molecule has 0 atom stereocenters. The number of hydrogen-bond acceptors (Lipinski definition) is 3. The van der Waals surface area contributed by atoms with E-state index in [-0.39, 0.29) is 5.91 Å². The van der Waals surface area contributed by atoms with Gasteiger partial charge in [-0.25, -0.2) is 5.84 Å². The van der Waals surface area contributed by atoms with E-state index in [0.29, 0.717) is 17.9 Å². The average molecular weight is 194 g/mol. The maximum Gasteiger partial charge on any atom is 0.265 e. The number of amides is 1. The highest BCUT2D eigenvalue weighted by atomic mass is 16.5. The summed E-state index contributed by atoms with van der Waals surface area (Å²) < 4.78 is 5.37. The van der Waals surface area contributed by atoms with Gasteiger partial charge in [0.2, 0.25) is 0 Å². The van der Waals surface area contributed by atoms with E-state index in [2.05, 4.69) is 5.43 Å². The lowest BCUT2D eigenvalue weighted by atomic mass is 10.2. The Hall–Kier alpha value is -1.55. The highest BCUT2D eigenvalue weighted by Crippen LogP contribution is 2.13. The summed E-state index contributed by atoms with van der Waals surface area (Å²) in [6, 6.07) is 6.91. The van der Waals surface area contributed by atoms with Gasteiger partial charge in [0, 0.05) is 5.56 Å². The number of benzene rings is 1. The molecule has 0 fully saturated rings. The number of ether oxygens (including phenoxy) is 1. The van der Waals surface area contributed by atoms with Crippen molar-refractivity contribution in [2.45, 2.75) is 13.3 Å². The number of carbonyl (C=O) groups is 1. The van der Waals surface area contributed by atoms with Gasteiger partial charge in [-0.15, -0.1) is 0 Å². The Kier molecular flexibility index (Phi) is 3.94. The summed E-state index contributed by atoms with van der Waals surface area (Å²) in [6.07, 6.45) is 0.938. The molecule has 0 bridgehead atoms. The third kappa shape index (κ3) is 2.74. The van der Waals surface area contributed by atoms with Gasteiger partial charge in [-0.1, -0.05) is 13.0 Å². The number of hydrogen-bond donors (Lipinski definition) is 2. The highest BCUT2D eigenvalue weighted by Gasteiger charge is 2.03. The van der Waals surface area contributed by atoms with Crippen LogP contribution in [0.4, 0.5) is 0 Å². The van der Waals surface area contributed by atoms with Gasteiger partial charge < -0.3 is 4.74 Å². The first-order chi connectivity index (χ1) is 6.77. The van der Waals surface area contributed by atoms with Crippen LogP contribution in [0.2, 0.25) is 0 Å². The Bertz CT molecular complexity index is 313. The molecule has 0 aliphatic carbocycles. The van der Waals surface area contributed by atoms with E-state index < -0.39 is 0 Å². The molecule has 0 heterocycles. The monoisotopic (exact) mass is 194 g/mol. The van der Waals surface area contributed by atoms with Crippen LogP contribution in [0.5, 0.6) is 5.75 Å². The number of carbonyl (C=O) groups excluding carboxylic acids is 1. The minimum absolute atomic E-state index is 0.313. The Morgan fingerprint density at radius 2 is 2.36 bits per heavy atom. The Balaban J connectivity index is 2.73. The van der Waals surface area contributed by atoms with Gasteiger partial charge in [-0.2, -0.15) is 0 Å². The minimum Gasteiger partial charge on any atom is -0.494 e. The predicted octanol–water partition coefficient (Wildman–Crippen LogP) is 1.08. The first-order valence-corrected chi connectivity index (χ1v) is 4.51. The van der Waals surface area contributed by atoms with Crippen LogP contribution in [0.1, 0.15) is 23.7 Å². The molecular formula is C10H14N2O2. The number of hydrazine groups is 1. The number of nitrogens with two attached hydrogens (primary N) is 1. The Morgan fingerprint density at radius 1 is 1.57 bits per heavy atom. The highest BCUT2D eigenvalue weighted by molar-refractivity contribution is 5.94. The van der Waals surface area contributed by atoms with Gasteiger partial charge in [0.05, 0.1) is 6.61 Å². The quantitative estimate of drug-likeness (QED) is 0.428. The number of rotatable bonds is 4. The molecule has 0 saturated heterocycles. The van der Waals surface area contributed by atoms with Gasteiger partial charge in [0.25, 0.3) is 5.91 Å². The lowest BCUT2D eigenvalue weighted by molar-refractivity contribution is 0.0953. The Labute approximate surface area is 83.0 Å². The molecule has 1 aromatic carbocycles. The summed E-state index contributed by atoms with van der Waals surface area (Å²) in [5.74, 6) is 5.39. The predicted molar refractivity (Wildman–Crippen MR) is 53.9 cm³/mol. The van der Waals surface area contributed by atoms with Crippen molar-refractivity contribution in [3.8, 4) is 5.75 Å². The van der Waals surface area contributed by atoms with E-state index in [4.69, 9.17) is 10.6 Å². The van der Waals surface area contributed by atoms with Crippen LogP contribution in [-0.4, -0.2) is 12.5 Å². The van der Waals surface area contributed by atoms with Crippen molar-refractivity contribution in [1.82, 2.24) is 5.43 Å². The largest absolute Gasteiger partial charge is 0.494 e. The molecule has 0 aromatic heterocycles. The minimum atomic E-state index is -0.313. The topological polar surface area (TPSA) is 64.3 Å². The molecule has 1 rings (SSSR count). The van der Waals surface area contributed by atoms with Crippen LogP contribution in [0.15, 0.2) is 24.3 Å². The molecule has 14 heavy (non-hydrogen) atoms. The van der Waals surface area contributed by atoms with E-state index in [1.165, 1.54) is 0 Å². The zero-order valence-electron chi connectivity index (χ0n) is 8.12. The molecule has 0 unspecified atom stereocenters. The number of nitrogen functional groups attached to an aromatic ring is 1. The lowest BCUT2D eigenvalue weighted by Gasteiger charge is -2.05. The molecule has 0 aliphatic heterocycles. The van der Waals surface area contributed by atoms with Crippen molar-refractivity contribution in [3.63, 3.8) is 0 Å². The maximum atomic E-state index is 11.1. The lowest BCUT2D eigenvalue weighted by Crippen LogP contribution is -2.29. The first kappa shape index (κ1) is 10.5. The van der Waals surface area contributed by atoms with Crippen molar-refractivity contribution in [1.29, 1.82) is 0 Å². The molecule has 1 amide bonds. The second-order valence-electron chi connectivity index (χ2n) is 2.85. The Morgan fingerprint density at radius 3 is 3.00 bits per heavy atom. The normalized spacial score (nSPS) is 9.57. The van der Waals surface area contributed by atoms with Gasteiger partial charge in [-0.05, 0) is 24.6 Å². The fraction of sp³-hybridized carbons (Fsp3) is 0.300. The zero-order valence-corrected chi connectivity index (χ0v) is 8.12. The van der Waals surface area contributed by atoms with Crippen molar-refractivity contribution >= 4 is 5.91 Å². The average Bonchev–Trinajstić information content (AvgIpc) is 2.25. The summed E-state index contributed by atoms with van der Waals surface area (Å²) in [6.45, 7) is 2.67. The molecule has 0 spiro atoms. The van der Waals surface area contributed by atoms with Crippen LogP contribution >= 0.6 is 0 Å². The molecule has 0 aliphatic rings. The summed E-state index contributed by atoms with van der Waals surface area (Å²) in [7, 11) is 0. The van der Waals surface area contributed by atoms with Crippen LogP contribution in [0, 0.1) is 0 Å². The van der Waals surface area contributed by atoms with Crippen LogP contribution < -0.4 is 16.0 Å². The smallest absolute Gasteiger partial charge is 0.265 e. The molecule has 1 aromatic rings. The van der Waals surface area contributed by atoms with E-state index in [1.54, 1.807) is 18.2 Å². The van der Waals surface area contributed by atoms with Crippen LogP contribution in [0.3, 0.4) is 0 Å². The van der Waals surface area contributed by atoms with Gasteiger partial charge in [0.1, 0.15) is 5.75 Å². The van der Waals surface area contributed by atoms with E-state index in [0.717, 1.165) is 6.42 Å². The SMILES string of the molecule is CCCOc1cccc(C(=O)NN)c1. The van der Waals surface area contributed by atoms with Gasteiger partial charge in [-0.3, -0.25) is 10.2 Å². The third-order valence-electron chi connectivity index (χ3n) is 1.70. The maximum absolute atomic E-state index is 11.1. The van der Waals surface area contributed by atoms with Crippen LogP contribution in [-0.2, 0) is 0 Å². The summed E-state index contributed by atoms with van der Waals surface area (Å²) in [5, 5.41) is 0. The van der Waals surface area contributed by atoms with Crippen molar-refractivity contribution in [2.75, 3.05) is 6.61 Å². The van der Waals surface area contributed by atoms with E-state index in [1.807, 2.05) is 13.0 Å². The first-order valence-electron chi connectivity index (χ1n) is 4.51. The second kappa shape index (κ2) is 5.24. The molecule has 0 radical (unpaired) electrons. The third-order valence-corrected chi connectivity index (χ3v) is 1.70. The van der Waals surface area contributed by atoms with Gasteiger partial charge in [0.15, 0.2) is 0 Å². The fourth-order valence-electron chi connectivity index (χ4n) is 1.03. The molecule has 4 nitrogen and oxygen atoms in total. The molecule has 76 valence electrons. The molecular weight excluding hydrogens is 180 g/mol. The second-order valence-corrected chi connectivity index (χ2v) is 2.85. The summed E-state index contributed by atoms with van der Waals surface area (Å²) in [5.41, 5.74) is 2.57. The number of nitrogens with one attached hydrogen (secondary N) is 1. The van der Waals surface area contributed by atoms with Crippen molar-refractivity contribution < 1.29 is 9.53 Å². The van der Waals surface area contributed by atoms with E-state index in [9.17, 15) is 4.79 Å². The fourth-order valence-corrected chi connectivity index (χ4v) is 1.03.